The van der Waals surface area contributed by atoms with Crippen LogP contribution in [0.25, 0.3) is 0 Å². The molecule has 0 aliphatic heterocycles. The zero-order chi connectivity index (χ0) is 54.9. The van der Waals surface area contributed by atoms with Gasteiger partial charge in [0.1, 0.15) is 48.3 Å². The summed E-state index contributed by atoms with van der Waals surface area (Å²) in [6.45, 7) is 5.16. The van der Waals surface area contributed by atoms with Crippen molar-refractivity contribution in [3.8, 4) is 0 Å². The molecule has 0 radical (unpaired) electrons. The minimum atomic E-state index is -1.96. The van der Waals surface area contributed by atoms with Crippen molar-refractivity contribution in [3.63, 3.8) is 0 Å². The third kappa shape index (κ3) is 25.3. The quantitative estimate of drug-likeness (QED) is 0.0281. The smallest absolute Gasteiger partial charge is 0.326 e. The zero-order valence-corrected chi connectivity index (χ0v) is 40.2. The highest BCUT2D eigenvalue weighted by Gasteiger charge is 2.37. The van der Waals surface area contributed by atoms with Gasteiger partial charge in [-0.15, -0.1) is 0 Å². The van der Waals surface area contributed by atoms with Crippen LogP contribution in [0.2, 0.25) is 0 Å². The summed E-state index contributed by atoms with van der Waals surface area (Å²) >= 11 is 1.16. The van der Waals surface area contributed by atoms with Gasteiger partial charge in [-0.05, 0) is 57.5 Å². The van der Waals surface area contributed by atoms with Gasteiger partial charge in [-0.3, -0.25) is 62.3 Å². The van der Waals surface area contributed by atoms with Gasteiger partial charge in [0, 0.05) is 19.3 Å². The largest absolute Gasteiger partial charge is 0.481 e. The van der Waals surface area contributed by atoms with E-state index in [0.717, 1.165) is 18.7 Å². The van der Waals surface area contributed by atoms with E-state index in [4.69, 9.17) is 5.11 Å². The molecule has 0 fully saturated rings. The molecule has 0 heterocycles. The van der Waals surface area contributed by atoms with E-state index in [-0.39, 0.29) is 12.2 Å². The summed E-state index contributed by atoms with van der Waals surface area (Å²) in [5.74, 6) is -19.4. The van der Waals surface area contributed by atoms with E-state index in [1.807, 2.05) is 5.32 Å². The Labute approximate surface area is 409 Å². The maximum absolute atomic E-state index is 13.9. The van der Waals surface area contributed by atoms with Gasteiger partial charge >= 0.3 is 35.8 Å². The summed E-state index contributed by atoms with van der Waals surface area (Å²) in [6.07, 6.45) is -6.82. The maximum Gasteiger partial charge on any atom is 0.326 e. The van der Waals surface area contributed by atoms with Crippen molar-refractivity contribution in [3.05, 3.63) is 0 Å². The van der Waals surface area contributed by atoms with Crippen molar-refractivity contribution in [1.29, 1.82) is 0 Å². The molecule has 8 amide bonds. The van der Waals surface area contributed by atoms with Gasteiger partial charge in [-0.25, -0.2) is 4.79 Å². The Morgan fingerprint density at radius 2 is 0.718 bits per heavy atom. The van der Waals surface area contributed by atoms with E-state index in [9.17, 15) is 97.8 Å². The van der Waals surface area contributed by atoms with Crippen LogP contribution in [-0.2, 0) is 67.1 Å². The number of hydrogen-bond donors (Lipinski definition) is 16. The van der Waals surface area contributed by atoms with Crippen molar-refractivity contribution < 1.29 is 109 Å². The van der Waals surface area contributed by atoms with Crippen molar-refractivity contribution in [2.75, 3.05) is 12.0 Å². The molecule has 0 rings (SSSR count). The van der Waals surface area contributed by atoms with E-state index in [2.05, 4.69) is 43.0 Å². The summed E-state index contributed by atoms with van der Waals surface area (Å²) in [4.78, 5) is 176. The molecule has 0 bridgehead atoms. The van der Waals surface area contributed by atoms with Gasteiger partial charge < -0.3 is 84.0 Å². The van der Waals surface area contributed by atoms with Crippen molar-refractivity contribution in [2.24, 2.45) is 5.92 Å². The molecule has 0 unspecified atom stereocenters. The van der Waals surface area contributed by atoms with Gasteiger partial charge in [0.2, 0.25) is 41.4 Å². The number of nitrogens with one attached hydrogen (secondary N) is 8. The number of carboxylic acid groups (broad SMARTS) is 6. The van der Waals surface area contributed by atoms with Gasteiger partial charge in [0.15, 0.2) is 6.04 Å². The Morgan fingerprint density at radius 3 is 1.06 bits per heavy atom. The number of quaternary nitrogens is 1. The fraction of sp³-hybridized carbons (Fsp3) is 0.650. The molecule has 10 atom stereocenters. The number of thioether (sulfide) groups is 1. The first kappa shape index (κ1) is 63.8. The first-order chi connectivity index (χ1) is 32.9. The van der Waals surface area contributed by atoms with E-state index < -0.39 is 201 Å². The van der Waals surface area contributed by atoms with E-state index in [0.29, 0.717) is 0 Å². The van der Waals surface area contributed by atoms with Crippen LogP contribution in [0.5, 0.6) is 0 Å². The van der Waals surface area contributed by atoms with Crippen LogP contribution in [-0.4, -0.2) is 191 Å². The number of aliphatic carboxylic acids is 6. The molecule has 18 N–H and O–H groups in total. The number of rotatable bonds is 35. The number of amides is 8. The molecule has 0 saturated heterocycles. The normalized spacial score (nSPS) is 15.2. The average molecular weight is 1040 g/mol. The maximum atomic E-state index is 13.9. The number of carbonyl (C=O) groups is 14. The second kappa shape index (κ2) is 31.9. The minimum absolute atomic E-state index is 0.110. The molecule has 0 aliphatic rings. The first-order valence-corrected chi connectivity index (χ1v) is 23.1. The lowest BCUT2D eigenvalue weighted by molar-refractivity contribution is -0.398. The van der Waals surface area contributed by atoms with Crippen molar-refractivity contribution in [2.45, 2.75) is 146 Å². The fourth-order valence-corrected chi connectivity index (χ4v) is 6.45. The average Bonchev–Trinajstić information content (AvgIpc) is 3.25. The number of aliphatic hydroxyl groups excluding tert-OH is 1. The number of carboxylic acids is 6. The summed E-state index contributed by atoms with van der Waals surface area (Å²) < 4.78 is 0. The highest BCUT2D eigenvalue weighted by Crippen LogP contribution is 2.11. The van der Waals surface area contributed by atoms with Crippen LogP contribution in [0.3, 0.4) is 0 Å². The monoisotopic (exact) mass is 1040 g/mol. The van der Waals surface area contributed by atoms with Crippen LogP contribution in [0.4, 0.5) is 0 Å². The molecular formula is C40H64N9O21S+. The number of hydrogen-bond acceptors (Lipinski definition) is 16. The summed E-state index contributed by atoms with van der Waals surface area (Å²) in [5.41, 5.74) is 3.46. The SMILES string of the molecule is CSCC[C@H](NC(=O)[C@H](CCC(=O)O)NC(=O)[C@@H](NC(=O)[C@H](CC(=O)O)NC(=O)[C@H](C)[NH3+])[C@@H](C)O)C(=O)N[C@@H](CCC(=O)O)C(=O)N[C@@H](CCC(=O)O)C(=O)N[C@H](C(=O)N[C@@H](CC(=O)O)C(=O)O)C(C)C. The van der Waals surface area contributed by atoms with Gasteiger partial charge in [-0.1, -0.05) is 13.8 Å². The van der Waals surface area contributed by atoms with Crippen LogP contribution < -0.4 is 48.3 Å². The Kier molecular flexibility index (Phi) is 28.7. The molecule has 0 aromatic carbocycles. The lowest BCUT2D eigenvalue weighted by Crippen LogP contribution is -2.68. The van der Waals surface area contributed by atoms with E-state index in [1.54, 1.807) is 6.26 Å². The predicted molar refractivity (Wildman–Crippen MR) is 240 cm³/mol. The lowest BCUT2D eigenvalue weighted by Gasteiger charge is -2.28. The van der Waals surface area contributed by atoms with Gasteiger partial charge in [-0.2, -0.15) is 11.8 Å². The highest BCUT2D eigenvalue weighted by atomic mass is 32.2. The Morgan fingerprint density at radius 1 is 0.408 bits per heavy atom. The highest BCUT2D eigenvalue weighted by molar-refractivity contribution is 7.98. The third-order valence-corrected chi connectivity index (χ3v) is 10.5. The predicted octanol–water partition coefficient (Wildman–Crippen LogP) is -6.09. The van der Waals surface area contributed by atoms with Crippen LogP contribution in [0.15, 0.2) is 0 Å². The Bertz CT molecular complexity index is 1970. The number of carbonyl (C=O) groups excluding carboxylic acids is 8. The minimum Gasteiger partial charge on any atom is -0.481 e. The summed E-state index contributed by atoms with van der Waals surface area (Å²) in [5, 5.41) is 83.8. The van der Waals surface area contributed by atoms with Crippen molar-refractivity contribution >= 4 is 94.8 Å². The van der Waals surface area contributed by atoms with Crippen LogP contribution in [0.1, 0.15) is 85.5 Å². The lowest BCUT2D eigenvalue weighted by atomic mass is 10.0. The van der Waals surface area contributed by atoms with Gasteiger partial charge in [0.05, 0.1) is 18.9 Å². The fourth-order valence-electron chi connectivity index (χ4n) is 5.97. The second-order valence-corrected chi connectivity index (χ2v) is 17.3. The van der Waals surface area contributed by atoms with E-state index in [1.165, 1.54) is 20.8 Å². The summed E-state index contributed by atoms with van der Waals surface area (Å²) in [6, 6.07) is -15.4. The van der Waals surface area contributed by atoms with Crippen LogP contribution in [0, 0.1) is 5.92 Å². The Balaban J connectivity index is 6.77. The molecule has 30 nitrogen and oxygen atoms in total. The first-order valence-electron chi connectivity index (χ1n) is 21.7. The molecule has 400 valence electrons. The van der Waals surface area contributed by atoms with Crippen LogP contribution >= 0.6 is 11.8 Å². The molecule has 0 aromatic rings. The Hall–Kier alpha value is -7.15. The second-order valence-electron chi connectivity index (χ2n) is 16.3. The van der Waals surface area contributed by atoms with E-state index >= 15 is 0 Å². The molecule has 0 aromatic heterocycles. The van der Waals surface area contributed by atoms with Crippen molar-refractivity contribution in [1.82, 2.24) is 42.5 Å². The summed E-state index contributed by atoms with van der Waals surface area (Å²) in [7, 11) is 0. The molecular weight excluding hydrogens is 975 g/mol. The number of aliphatic hydroxyl groups is 1. The molecule has 71 heavy (non-hydrogen) atoms. The molecule has 0 aliphatic carbocycles. The third-order valence-electron chi connectivity index (χ3n) is 9.85. The molecule has 0 spiro atoms. The zero-order valence-electron chi connectivity index (χ0n) is 39.4. The molecule has 0 saturated carbocycles. The molecule has 31 heteroatoms. The van der Waals surface area contributed by atoms with Gasteiger partial charge in [0.25, 0.3) is 5.91 Å². The topological polar surface area (TPSA) is 504 Å². The standard InChI is InChI=1S/C40H63N9O21S/c1-16(2)30(38(67)47-24(40(69)70)15-29(59)60)48-36(65)21(8-11-27(55)56)43-33(62)19(6-9-25(51)52)42-35(64)22(12-13-71-5)44-34(63)20(7-10-26(53)54)45-39(68)31(18(4)50)49-37(66)23(14-28(57)58)46-32(61)17(3)41/h16-24,30-31,50H,6-15,41H2,1-5H3,(H,42,64)(H,43,62)(H,44,63)(H,45,68)(H,46,61)(H,47,67)(H,48,65)(H,49,66)(H,51,52)(H,53,54)(H,55,56)(H,57,58)(H,59,60)(H,69,70)/p+1/t17-,18+,19-,20-,21-,22-,23-,24-,30-,31-/m0/s1.